The number of halogens is 6. The van der Waals surface area contributed by atoms with Crippen LogP contribution in [0.2, 0.25) is 0 Å². The third-order valence-electron chi connectivity index (χ3n) is 3.39. The molecule has 0 aliphatic carbocycles. The highest BCUT2D eigenvalue weighted by molar-refractivity contribution is 5.56. The van der Waals surface area contributed by atoms with Crippen LogP contribution >= 0.6 is 0 Å². The number of benzene rings is 1. The molecule has 135 valence electrons. The minimum Gasteiger partial charge on any atom is -0.406 e. The molecule has 1 aromatic carbocycles. The summed E-state index contributed by atoms with van der Waals surface area (Å²) in [5.41, 5.74) is 0.166. The Bertz CT molecular complexity index is 519. The van der Waals surface area contributed by atoms with E-state index in [1.54, 1.807) is 4.90 Å². The number of rotatable bonds is 4. The van der Waals surface area contributed by atoms with E-state index in [1.165, 1.54) is 0 Å². The van der Waals surface area contributed by atoms with Gasteiger partial charge in [0.15, 0.2) is 0 Å². The molecule has 1 aliphatic rings. The molecule has 1 fully saturated rings. The van der Waals surface area contributed by atoms with Crippen molar-refractivity contribution in [3.63, 3.8) is 0 Å². The third kappa shape index (κ3) is 5.66. The van der Waals surface area contributed by atoms with Crippen LogP contribution in [0.3, 0.4) is 0 Å². The number of nitrogens with zero attached hydrogens (tertiary/aromatic N) is 2. The van der Waals surface area contributed by atoms with E-state index in [-0.39, 0.29) is 5.69 Å². The summed E-state index contributed by atoms with van der Waals surface area (Å²) < 4.78 is 81.7. The Morgan fingerprint density at radius 2 is 1.29 bits per heavy atom. The molecule has 0 aromatic heterocycles. The molecule has 0 amide bonds. The van der Waals surface area contributed by atoms with Crippen molar-refractivity contribution in [1.82, 2.24) is 4.90 Å². The smallest absolute Gasteiger partial charge is 0.406 e. The summed E-state index contributed by atoms with van der Waals surface area (Å²) in [5, 5.41) is 0. The van der Waals surface area contributed by atoms with Crippen LogP contribution in [0.25, 0.3) is 0 Å². The van der Waals surface area contributed by atoms with Crippen LogP contribution in [0.4, 0.5) is 32.0 Å². The first-order chi connectivity index (χ1) is 11.1. The summed E-state index contributed by atoms with van der Waals surface area (Å²) in [6.45, 7) is 6.39. The van der Waals surface area contributed by atoms with E-state index in [0.29, 0.717) is 38.8 Å². The number of ether oxygens (including phenoxy) is 2. The van der Waals surface area contributed by atoms with Crippen molar-refractivity contribution >= 4 is 5.69 Å². The first-order valence-corrected chi connectivity index (χ1v) is 6.99. The van der Waals surface area contributed by atoms with Gasteiger partial charge in [0, 0.05) is 50.1 Å². The van der Waals surface area contributed by atoms with E-state index in [2.05, 4.69) is 16.4 Å². The van der Waals surface area contributed by atoms with Crippen molar-refractivity contribution in [2.45, 2.75) is 12.7 Å². The molecule has 1 aromatic rings. The quantitative estimate of drug-likeness (QED) is 0.771. The van der Waals surface area contributed by atoms with E-state index in [9.17, 15) is 26.3 Å². The van der Waals surface area contributed by atoms with E-state index in [1.807, 2.05) is 4.90 Å². The molecule has 4 nitrogen and oxygen atoms in total. The van der Waals surface area contributed by atoms with E-state index < -0.39 is 24.2 Å². The normalized spacial score (nSPS) is 17.0. The van der Waals surface area contributed by atoms with Crippen molar-refractivity contribution in [2.75, 3.05) is 37.6 Å². The summed E-state index contributed by atoms with van der Waals surface area (Å²) in [6, 6.07) is 2.63. The Balaban J connectivity index is 2.25. The van der Waals surface area contributed by atoms with Crippen LogP contribution in [-0.2, 0) is 0 Å². The predicted molar refractivity (Wildman–Crippen MR) is 73.8 cm³/mol. The molecule has 1 aliphatic heterocycles. The van der Waals surface area contributed by atoms with Gasteiger partial charge in [-0.3, -0.25) is 4.90 Å². The standard InChI is InChI=1S/C14H15F6N2O2/c1-2-21-3-5-22(6-4-21)10-7-11(23-13(15,16)17)9-12(8-10)24-14(18,19)20/h7-9H,1-6H2. The molecule has 1 heterocycles. The maximum atomic E-state index is 12.4. The van der Waals surface area contributed by atoms with Gasteiger partial charge in [0.2, 0.25) is 0 Å². The van der Waals surface area contributed by atoms with E-state index in [4.69, 9.17) is 0 Å². The molecule has 10 heteroatoms. The van der Waals surface area contributed by atoms with Gasteiger partial charge in [-0.2, -0.15) is 0 Å². The molecule has 1 radical (unpaired) electrons. The van der Waals surface area contributed by atoms with Crippen molar-refractivity contribution in [2.24, 2.45) is 0 Å². The second kappa shape index (κ2) is 6.96. The Morgan fingerprint density at radius 3 is 1.67 bits per heavy atom. The lowest BCUT2D eigenvalue weighted by Crippen LogP contribution is -2.46. The summed E-state index contributed by atoms with van der Waals surface area (Å²) >= 11 is 0. The number of anilines is 1. The van der Waals surface area contributed by atoms with Crippen molar-refractivity contribution in [3.8, 4) is 11.5 Å². The zero-order valence-electron chi connectivity index (χ0n) is 12.5. The number of hydrogen-bond donors (Lipinski definition) is 0. The number of piperazine rings is 1. The van der Waals surface area contributed by atoms with Crippen LogP contribution in [-0.4, -0.2) is 50.3 Å². The molecule has 0 unspecified atom stereocenters. The average molecular weight is 357 g/mol. The van der Waals surface area contributed by atoms with Crippen molar-refractivity contribution < 1.29 is 35.8 Å². The molecular formula is C14H15F6N2O2. The van der Waals surface area contributed by atoms with Crippen LogP contribution in [0.5, 0.6) is 11.5 Å². The van der Waals surface area contributed by atoms with Crippen LogP contribution in [0.15, 0.2) is 18.2 Å². The second-order valence-corrected chi connectivity index (χ2v) is 5.09. The highest BCUT2D eigenvalue weighted by Gasteiger charge is 2.34. The van der Waals surface area contributed by atoms with Gasteiger partial charge in [0.05, 0.1) is 0 Å². The number of hydrogen-bond acceptors (Lipinski definition) is 4. The van der Waals surface area contributed by atoms with Crippen LogP contribution < -0.4 is 14.4 Å². The fraction of sp³-hybridized carbons (Fsp3) is 0.500. The van der Waals surface area contributed by atoms with Crippen LogP contribution in [0, 0.1) is 6.92 Å². The highest BCUT2D eigenvalue weighted by Crippen LogP contribution is 2.34. The molecule has 0 saturated carbocycles. The van der Waals surface area contributed by atoms with Gasteiger partial charge in [-0.1, -0.05) is 0 Å². The average Bonchev–Trinajstić information content (AvgIpc) is 2.43. The second-order valence-electron chi connectivity index (χ2n) is 5.09. The Labute approximate surface area is 134 Å². The van der Waals surface area contributed by atoms with Gasteiger partial charge in [0.25, 0.3) is 0 Å². The van der Waals surface area contributed by atoms with E-state index in [0.717, 1.165) is 12.1 Å². The molecule has 0 bridgehead atoms. The minimum atomic E-state index is -5.01. The maximum absolute atomic E-state index is 12.4. The lowest BCUT2D eigenvalue weighted by Gasteiger charge is -2.35. The summed E-state index contributed by atoms with van der Waals surface area (Å²) in [7, 11) is 0. The van der Waals surface area contributed by atoms with Gasteiger partial charge in [-0.15, -0.1) is 26.3 Å². The summed E-state index contributed by atoms with van der Waals surface area (Å²) in [4.78, 5) is 3.68. The van der Waals surface area contributed by atoms with Gasteiger partial charge in [-0.25, -0.2) is 0 Å². The van der Waals surface area contributed by atoms with Gasteiger partial charge in [0.1, 0.15) is 11.5 Å². The monoisotopic (exact) mass is 357 g/mol. The number of alkyl halides is 6. The zero-order chi connectivity index (χ0) is 18.0. The van der Waals surface area contributed by atoms with Gasteiger partial charge >= 0.3 is 12.7 Å². The summed E-state index contributed by atoms with van der Waals surface area (Å²) in [5.74, 6) is -1.53. The largest absolute Gasteiger partial charge is 0.573 e. The maximum Gasteiger partial charge on any atom is 0.573 e. The zero-order valence-corrected chi connectivity index (χ0v) is 12.5. The van der Waals surface area contributed by atoms with E-state index >= 15 is 0 Å². The van der Waals surface area contributed by atoms with Gasteiger partial charge < -0.3 is 14.4 Å². The molecule has 0 atom stereocenters. The van der Waals surface area contributed by atoms with Crippen molar-refractivity contribution in [3.05, 3.63) is 25.1 Å². The van der Waals surface area contributed by atoms with Crippen LogP contribution in [0.1, 0.15) is 0 Å². The lowest BCUT2D eigenvalue weighted by molar-refractivity contribution is -0.276. The van der Waals surface area contributed by atoms with Gasteiger partial charge in [-0.05, 0) is 13.5 Å². The SMILES string of the molecule is [CH2]CN1CCN(c2cc(OC(F)(F)F)cc(OC(F)(F)F)c2)CC1. The first kappa shape index (κ1) is 18.5. The molecular weight excluding hydrogens is 342 g/mol. The Morgan fingerprint density at radius 1 is 0.833 bits per heavy atom. The predicted octanol–water partition coefficient (Wildman–Crippen LogP) is 3.44. The Kier molecular flexibility index (Phi) is 5.36. The molecule has 0 spiro atoms. The fourth-order valence-corrected chi connectivity index (χ4v) is 2.35. The third-order valence-corrected chi connectivity index (χ3v) is 3.39. The molecule has 2 rings (SSSR count). The fourth-order valence-electron chi connectivity index (χ4n) is 2.35. The van der Waals surface area contributed by atoms with Crippen molar-refractivity contribution in [1.29, 1.82) is 0 Å². The lowest BCUT2D eigenvalue weighted by atomic mass is 10.2. The first-order valence-electron chi connectivity index (χ1n) is 6.99. The summed E-state index contributed by atoms with van der Waals surface area (Å²) in [6.07, 6.45) is -10.0. The molecule has 24 heavy (non-hydrogen) atoms. The molecule has 0 N–H and O–H groups in total. The molecule has 1 saturated heterocycles. The minimum absolute atomic E-state index is 0.166. The topological polar surface area (TPSA) is 24.9 Å². The Hall–Kier alpha value is -1.84. The highest BCUT2D eigenvalue weighted by atomic mass is 19.4.